The predicted octanol–water partition coefficient (Wildman–Crippen LogP) is 3.26. The van der Waals surface area contributed by atoms with Gasteiger partial charge in [0, 0.05) is 20.2 Å². The standard InChI is InChI=1S/C16H18FNO/c1-19-12-15-6-2-4-13(8-15)10-18-11-14-5-3-7-16(17)9-14/h2-9,18H,10-12H2,1H3. The van der Waals surface area contributed by atoms with Crippen LogP contribution in [-0.4, -0.2) is 7.11 Å². The van der Waals surface area contributed by atoms with Crippen LogP contribution < -0.4 is 5.32 Å². The lowest BCUT2D eigenvalue weighted by molar-refractivity contribution is 0.185. The summed E-state index contributed by atoms with van der Waals surface area (Å²) in [7, 11) is 1.69. The molecule has 0 aliphatic heterocycles. The van der Waals surface area contributed by atoms with Crippen LogP contribution in [0, 0.1) is 5.82 Å². The van der Waals surface area contributed by atoms with E-state index in [1.165, 1.54) is 11.6 Å². The van der Waals surface area contributed by atoms with E-state index in [2.05, 4.69) is 17.4 Å². The highest BCUT2D eigenvalue weighted by Gasteiger charge is 1.98. The Balaban J connectivity index is 1.87. The molecule has 0 saturated heterocycles. The molecule has 0 unspecified atom stereocenters. The van der Waals surface area contributed by atoms with Crippen LogP contribution in [0.15, 0.2) is 48.5 Å². The van der Waals surface area contributed by atoms with Crippen molar-refractivity contribution in [3.63, 3.8) is 0 Å². The second-order valence-electron chi connectivity index (χ2n) is 4.49. The zero-order chi connectivity index (χ0) is 13.5. The smallest absolute Gasteiger partial charge is 0.123 e. The molecule has 19 heavy (non-hydrogen) atoms. The average Bonchev–Trinajstić information content (AvgIpc) is 2.40. The van der Waals surface area contributed by atoms with Gasteiger partial charge in [-0.2, -0.15) is 0 Å². The number of hydrogen-bond donors (Lipinski definition) is 1. The van der Waals surface area contributed by atoms with Gasteiger partial charge >= 0.3 is 0 Å². The second-order valence-corrected chi connectivity index (χ2v) is 4.49. The van der Waals surface area contributed by atoms with Crippen molar-refractivity contribution in [1.82, 2.24) is 5.32 Å². The van der Waals surface area contributed by atoms with Gasteiger partial charge in [0.25, 0.3) is 0 Å². The number of nitrogens with one attached hydrogen (secondary N) is 1. The van der Waals surface area contributed by atoms with E-state index in [4.69, 9.17) is 4.74 Å². The SMILES string of the molecule is COCc1cccc(CNCc2cccc(F)c2)c1. The van der Waals surface area contributed by atoms with Crippen molar-refractivity contribution in [2.45, 2.75) is 19.7 Å². The summed E-state index contributed by atoms with van der Waals surface area (Å²) >= 11 is 0. The maximum atomic E-state index is 13.0. The third-order valence-electron chi connectivity index (χ3n) is 2.85. The summed E-state index contributed by atoms with van der Waals surface area (Å²) in [4.78, 5) is 0. The first-order valence-corrected chi connectivity index (χ1v) is 6.30. The molecule has 0 aliphatic carbocycles. The molecule has 0 radical (unpaired) electrons. The van der Waals surface area contributed by atoms with Crippen LogP contribution in [0.25, 0.3) is 0 Å². The summed E-state index contributed by atoms with van der Waals surface area (Å²) in [6, 6.07) is 14.9. The molecule has 0 aliphatic rings. The number of rotatable bonds is 6. The molecule has 1 N–H and O–H groups in total. The highest BCUT2D eigenvalue weighted by atomic mass is 19.1. The molecular weight excluding hydrogens is 241 g/mol. The van der Waals surface area contributed by atoms with Crippen molar-refractivity contribution in [2.24, 2.45) is 0 Å². The summed E-state index contributed by atoms with van der Waals surface area (Å²) in [6.45, 7) is 2.04. The summed E-state index contributed by atoms with van der Waals surface area (Å²) in [6.07, 6.45) is 0. The van der Waals surface area contributed by atoms with Gasteiger partial charge in [-0.3, -0.25) is 0 Å². The summed E-state index contributed by atoms with van der Waals surface area (Å²) in [5.41, 5.74) is 3.31. The fourth-order valence-corrected chi connectivity index (χ4v) is 1.99. The van der Waals surface area contributed by atoms with Crippen molar-refractivity contribution in [1.29, 1.82) is 0 Å². The van der Waals surface area contributed by atoms with Gasteiger partial charge in [-0.05, 0) is 28.8 Å². The Kier molecular flexibility index (Phi) is 5.07. The quantitative estimate of drug-likeness (QED) is 0.859. The van der Waals surface area contributed by atoms with E-state index in [1.807, 2.05) is 18.2 Å². The van der Waals surface area contributed by atoms with Crippen LogP contribution in [0.2, 0.25) is 0 Å². The first-order valence-electron chi connectivity index (χ1n) is 6.30. The maximum Gasteiger partial charge on any atom is 0.123 e. The summed E-state index contributed by atoms with van der Waals surface area (Å²) in [5, 5.41) is 3.31. The van der Waals surface area contributed by atoms with Crippen molar-refractivity contribution < 1.29 is 9.13 Å². The predicted molar refractivity (Wildman–Crippen MR) is 74.1 cm³/mol. The molecule has 2 rings (SSSR count). The van der Waals surface area contributed by atoms with Crippen LogP contribution in [0.5, 0.6) is 0 Å². The van der Waals surface area contributed by atoms with Crippen LogP contribution >= 0.6 is 0 Å². The second kappa shape index (κ2) is 7.02. The van der Waals surface area contributed by atoms with E-state index in [1.54, 1.807) is 19.2 Å². The minimum atomic E-state index is -0.193. The van der Waals surface area contributed by atoms with Gasteiger partial charge in [-0.1, -0.05) is 36.4 Å². The van der Waals surface area contributed by atoms with Gasteiger partial charge in [0.2, 0.25) is 0 Å². The first kappa shape index (κ1) is 13.7. The van der Waals surface area contributed by atoms with E-state index >= 15 is 0 Å². The number of ether oxygens (including phenoxy) is 1. The lowest BCUT2D eigenvalue weighted by Gasteiger charge is -2.07. The molecule has 0 aromatic heterocycles. The zero-order valence-corrected chi connectivity index (χ0v) is 11.0. The Morgan fingerprint density at radius 1 is 0.947 bits per heavy atom. The van der Waals surface area contributed by atoms with Crippen molar-refractivity contribution >= 4 is 0 Å². The molecule has 0 spiro atoms. The first-order chi connectivity index (χ1) is 9.28. The lowest BCUT2D eigenvalue weighted by atomic mass is 10.1. The highest BCUT2D eigenvalue weighted by molar-refractivity contribution is 5.23. The number of benzene rings is 2. The van der Waals surface area contributed by atoms with Crippen LogP contribution in [0.1, 0.15) is 16.7 Å². The van der Waals surface area contributed by atoms with Crippen molar-refractivity contribution in [3.05, 3.63) is 71.0 Å². The van der Waals surface area contributed by atoms with Crippen molar-refractivity contribution in [3.8, 4) is 0 Å². The largest absolute Gasteiger partial charge is 0.380 e. The lowest BCUT2D eigenvalue weighted by Crippen LogP contribution is -2.12. The van der Waals surface area contributed by atoms with E-state index < -0.39 is 0 Å². The van der Waals surface area contributed by atoms with Crippen LogP contribution in [-0.2, 0) is 24.4 Å². The Morgan fingerprint density at radius 3 is 2.26 bits per heavy atom. The third kappa shape index (κ3) is 4.47. The monoisotopic (exact) mass is 259 g/mol. The van der Waals surface area contributed by atoms with Crippen LogP contribution in [0.4, 0.5) is 4.39 Å². The maximum absolute atomic E-state index is 13.0. The zero-order valence-electron chi connectivity index (χ0n) is 11.0. The van der Waals surface area contributed by atoms with Crippen molar-refractivity contribution in [2.75, 3.05) is 7.11 Å². The molecule has 2 nitrogen and oxygen atoms in total. The van der Waals surface area contributed by atoms with E-state index in [9.17, 15) is 4.39 Å². The number of methoxy groups -OCH3 is 1. The van der Waals surface area contributed by atoms with Gasteiger partial charge in [0.05, 0.1) is 6.61 Å². The molecule has 0 saturated carbocycles. The van der Waals surface area contributed by atoms with Gasteiger partial charge in [-0.15, -0.1) is 0 Å². The fourth-order valence-electron chi connectivity index (χ4n) is 1.99. The Bertz CT molecular complexity index is 528. The fraction of sp³-hybridized carbons (Fsp3) is 0.250. The molecule has 0 heterocycles. The van der Waals surface area contributed by atoms with E-state index in [0.29, 0.717) is 13.2 Å². The molecule has 2 aromatic carbocycles. The Hall–Kier alpha value is -1.71. The molecule has 0 fully saturated rings. The molecule has 0 atom stereocenters. The van der Waals surface area contributed by atoms with Gasteiger partial charge < -0.3 is 10.1 Å². The van der Waals surface area contributed by atoms with Crippen LogP contribution in [0.3, 0.4) is 0 Å². The van der Waals surface area contributed by atoms with Gasteiger partial charge in [0.1, 0.15) is 5.82 Å². The minimum absolute atomic E-state index is 0.193. The Morgan fingerprint density at radius 2 is 1.58 bits per heavy atom. The number of hydrogen-bond acceptors (Lipinski definition) is 2. The molecule has 0 bridgehead atoms. The molecule has 3 heteroatoms. The Labute approximate surface area is 113 Å². The molecular formula is C16H18FNO. The molecule has 100 valence electrons. The average molecular weight is 259 g/mol. The third-order valence-corrected chi connectivity index (χ3v) is 2.85. The summed E-state index contributed by atoms with van der Waals surface area (Å²) in [5.74, 6) is -0.193. The molecule has 2 aromatic rings. The van der Waals surface area contributed by atoms with Gasteiger partial charge in [-0.25, -0.2) is 4.39 Å². The molecule has 0 amide bonds. The highest BCUT2D eigenvalue weighted by Crippen LogP contribution is 2.07. The summed E-state index contributed by atoms with van der Waals surface area (Å²) < 4.78 is 18.1. The minimum Gasteiger partial charge on any atom is -0.380 e. The normalized spacial score (nSPS) is 10.6. The topological polar surface area (TPSA) is 21.3 Å². The van der Waals surface area contributed by atoms with E-state index in [-0.39, 0.29) is 5.82 Å². The van der Waals surface area contributed by atoms with E-state index in [0.717, 1.165) is 17.7 Å². The number of halogens is 1. The van der Waals surface area contributed by atoms with Gasteiger partial charge in [0.15, 0.2) is 0 Å².